The molecule has 1 N–H and O–H groups in total. The zero-order valence-corrected chi connectivity index (χ0v) is 11.4. The lowest BCUT2D eigenvalue weighted by Crippen LogP contribution is -2.34. The first kappa shape index (κ1) is 12.4. The molecule has 0 saturated carbocycles. The summed E-state index contributed by atoms with van der Waals surface area (Å²) in [5.74, 6) is -0.181. The summed E-state index contributed by atoms with van der Waals surface area (Å²) in [6.45, 7) is 4.35. The summed E-state index contributed by atoms with van der Waals surface area (Å²) in [5, 5.41) is 8.92. The lowest BCUT2D eigenvalue weighted by Gasteiger charge is -2.33. The van der Waals surface area contributed by atoms with Crippen LogP contribution in [0.3, 0.4) is 0 Å². The molecule has 0 aliphatic carbocycles. The van der Waals surface area contributed by atoms with E-state index in [1.165, 1.54) is 12.8 Å². The minimum absolute atomic E-state index is 0.325. The highest BCUT2D eigenvalue weighted by molar-refractivity contribution is 9.10. The predicted octanol–water partition coefficient (Wildman–Crippen LogP) is 3.38. The first-order chi connectivity index (χ1) is 8.08. The number of carboxylic acids is 1. The summed E-state index contributed by atoms with van der Waals surface area (Å²) in [6.07, 6.45) is 2.48. The van der Waals surface area contributed by atoms with Gasteiger partial charge in [-0.3, -0.25) is 0 Å². The molecule has 0 radical (unpaired) electrons. The highest BCUT2D eigenvalue weighted by atomic mass is 79.9. The molecular weight excluding hydrogens is 282 g/mol. The van der Waals surface area contributed by atoms with Gasteiger partial charge in [-0.15, -0.1) is 0 Å². The number of carbonyl (C=O) groups is 1. The van der Waals surface area contributed by atoms with Crippen LogP contribution in [-0.2, 0) is 0 Å². The molecule has 1 aromatic rings. The predicted molar refractivity (Wildman–Crippen MR) is 71.7 cm³/mol. The molecule has 1 fully saturated rings. The van der Waals surface area contributed by atoms with E-state index in [-0.39, 0.29) is 0 Å². The number of carboxylic acid groups (broad SMARTS) is 1. The van der Waals surface area contributed by atoms with Gasteiger partial charge >= 0.3 is 5.97 Å². The Labute approximate surface area is 110 Å². The number of nitrogens with zero attached hydrogens (tertiary/aromatic N) is 1. The van der Waals surface area contributed by atoms with E-state index in [1.807, 2.05) is 6.07 Å². The molecular formula is C13H16BrNO2. The van der Waals surface area contributed by atoms with E-state index >= 15 is 0 Å². The first-order valence-electron chi connectivity index (χ1n) is 5.85. The van der Waals surface area contributed by atoms with Crippen LogP contribution in [0.25, 0.3) is 0 Å². The lowest BCUT2D eigenvalue weighted by atomic mass is 9.99. The van der Waals surface area contributed by atoms with Crippen molar-refractivity contribution in [1.82, 2.24) is 0 Å². The van der Waals surface area contributed by atoms with E-state index in [9.17, 15) is 4.79 Å². The van der Waals surface area contributed by atoms with Crippen molar-refractivity contribution in [3.05, 3.63) is 28.2 Å². The van der Waals surface area contributed by atoms with Crippen LogP contribution in [0.2, 0.25) is 0 Å². The van der Waals surface area contributed by atoms with Gasteiger partial charge in [0, 0.05) is 17.6 Å². The number of hydrogen-bond acceptors (Lipinski definition) is 2. The fraction of sp³-hybridized carbons (Fsp3) is 0.462. The van der Waals surface area contributed by atoms with Gasteiger partial charge in [-0.05, 0) is 52.9 Å². The molecule has 0 spiro atoms. The van der Waals surface area contributed by atoms with Crippen LogP contribution in [0, 0.1) is 5.92 Å². The molecule has 3 nitrogen and oxygen atoms in total. The molecule has 1 aliphatic rings. The van der Waals surface area contributed by atoms with Gasteiger partial charge in [0.25, 0.3) is 0 Å². The van der Waals surface area contributed by atoms with Gasteiger partial charge in [-0.1, -0.05) is 6.92 Å². The van der Waals surface area contributed by atoms with E-state index in [2.05, 4.69) is 27.8 Å². The van der Waals surface area contributed by atoms with Crippen LogP contribution in [0.15, 0.2) is 22.7 Å². The third-order valence-corrected chi connectivity index (χ3v) is 3.83. The van der Waals surface area contributed by atoms with Crippen molar-refractivity contribution in [3.8, 4) is 0 Å². The van der Waals surface area contributed by atoms with Crippen molar-refractivity contribution < 1.29 is 9.90 Å². The van der Waals surface area contributed by atoms with E-state index in [0.29, 0.717) is 11.5 Å². The van der Waals surface area contributed by atoms with Crippen molar-refractivity contribution >= 4 is 27.6 Å². The average Bonchev–Trinajstić information content (AvgIpc) is 2.28. The summed E-state index contributed by atoms with van der Waals surface area (Å²) in [7, 11) is 0. The molecule has 1 aromatic carbocycles. The molecule has 1 atom stereocenters. The Morgan fingerprint density at radius 1 is 1.53 bits per heavy atom. The summed E-state index contributed by atoms with van der Waals surface area (Å²) in [5.41, 5.74) is 1.42. The number of aromatic carboxylic acids is 1. The summed E-state index contributed by atoms with van der Waals surface area (Å²) in [4.78, 5) is 13.2. The van der Waals surface area contributed by atoms with Crippen molar-refractivity contribution in [1.29, 1.82) is 0 Å². The second-order valence-corrected chi connectivity index (χ2v) is 5.52. The summed E-state index contributed by atoms with van der Waals surface area (Å²) >= 11 is 3.47. The van der Waals surface area contributed by atoms with Gasteiger partial charge in [-0.2, -0.15) is 0 Å². The molecule has 1 unspecified atom stereocenters. The highest BCUT2D eigenvalue weighted by Crippen LogP contribution is 2.30. The fourth-order valence-electron chi connectivity index (χ4n) is 2.30. The van der Waals surface area contributed by atoms with E-state index < -0.39 is 5.97 Å². The highest BCUT2D eigenvalue weighted by Gasteiger charge is 2.19. The molecule has 1 aliphatic heterocycles. The van der Waals surface area contributed by atoms with Crippen LogP contribution in [-0.4, -0.2) is 24.2 Å². The first-order valence-corrected chi connectivity index (χ1v) is 6.65. The average molecular weight is 298 g/mol. The van der Waals surface area contributed by atoms with Crippen molar-refractivity contribution in [2.75, 3.05) is 18.0 Å². The Balaban J connectivity index is 2.23. The summed E-state index contributed by atoms with van der Waals surface area (Å²) in [6, 6.07) is 5.24. The van der Waals surface area contributed by atoms with E-state index in [1.54, 1.807) is 12.1 Å². The number of piperidine rings is 1. The maximum Gasteiger partial charge on any atom is 0.335 e. The Morgan fingerprint density at radius 2 is 2.29 bits per heavy atom. The number of hydrogen-bond donors (Lipinski definition) is 1. The van der Waals surface area contributed by atoms with E-state index in [0.717, 1.165) is 23.2 Å². The van der Waals surface area contributed by atoms with E-state index in [4.69, 9.17) is 5.11 Å². The monoisotopic (exact) mass is 297 g/mol. The van der Waals surface area contributed by atoms with Gasteiger partial charge in [0.2, 0.25) is 0 Å². The zero-order chi connectivity index (χ0) is 12.4. The lowest BCUT2D eigenvalue weighted by molar-refractivity contribution is 0.0697. The Morgan fingerprint density at radius 3 is 2.88 bits per heavy atom. The second kappa shape index (κ2) is 5.08. The molecule has 0 bridgehead atoms. The van der Waals surface area contributed by atoms with Crippen LogP contribution in [0.1, 0.15) is 30.1 Å². The van der Waals surface area contributed by atoms with Crippen molar-refractivity contribution in [2.45, 2.75) is 19.8 Å². The normalized spacial score (nSPS) is 20.4. The minimum atomic E-state index is -0.885. The number of benzene rings is 1. The molecule has 2 rings (SSSR count). The maximum atomic E-state index is 10.9. The third-order valence-electron chi connectivity index (χ3n) is 3.19. The topological polar surface area (TPSA) is 40.5 Å². The molecule has 92 valence electrons. The van der Waals surface area contributed by atoms with Crippen molar-refractivity contribution in [2.24, 2.45) is 5.92 Å². The minimum Gasteiger partial charge on any atom is -0.478 e. The Hall–Kier alpha value is -1.03. The molecule has 1 heterocycles. The molecule has 17 heavy (non-hydrogen) atoms. The third kappa shape index (κ3) is 2.80. The molecule has 1 saturated heterocycles. The molecule has 0 amide bonds. The van der Waals surface area contributed by atoms with Gasteiger partial charge in [-0.25, -0.2) is 4.79 Å². The standard InChI is InChI=1S/C13H16BrNO2/c1-9-3-2-6-15(8-9)12-5-4-10(13(16)17)7-11(12)14/h4-5,7,9H,2-3,6,8H2,1H3,(H,16,17). The van der Waals surface area contributed by atoms with Gasteiger partial charge in [0.1, 0.15) is 0 Å². The van der Waals surface area contributed by atoms with Crippen LogP contribution in [0.4, 0.5) is 5.69 Å². The Kier molecular flexibility index (Phi) is 3.72. The quantitative estimate of drug-likeness (QED) is 0.910. The number of halogens is 1. The van der Waals surface area contributed by atoms with Crippen LogP contribution in [0.5, 0.6) is 0 Å². The fourth-order valence-corrected chi connectivity index (χ4v) is 2.93. The smallest absolute Gasteiger partial charge is 0.335 e. The second-order valence-electron chi connectivity index (χ2n) is 4.66. The maximum absolute atomic E-state index is 10.9. The van der Waals surface area contributed by atoms with Crippen molar-refractivity contribution in [3.63, 3.8) is 0 Å². The van der Waals surface area contributed by atoms with Crippen LogP contribution < -0.4 is 4.90 Å². The zero-order valence-electron chi connectivity index (χ0n) is 9.82. The van der Waals surface area contributed by atoms with Gasteiger partial charge in [0.15, 0.2) is 0 Å². The number of anilines is 1. The molecule has 4 heteroatoms. The number of rotatable bonds is 2. The molecule has 0 aromatic heterocycles. The van der Waals surface area contributed by atoms with Gasteiger partial charge in [0.05, 0.1) is 11.3 Å². The Bertz CT molecular complexity index is 433. The summed E-state index contributed by atoms with van der Waals surface area (Å²) < 4.78 is 0.867. The SMILES string of the molecule is CC1CCCN(c2ccc(C(=O)O)cc2Br)C1. The largest absolute Gasteiger partial charge is 0.478 e. The van der Waals surface area contributed by atoms with Gasteiger partial charge < -0.3 is 10.0 Å². The van der Waals surface area contributed by atoms with Crippen LogP contribution >= 0.6 is 15.9 Å².